The molecular weight excluding hydrogens is 252 g/mol. The van der Waals surface area contributed by atoms with Crippen LogP contribution in [0.1, 0.15) is 5.56 Å². The second-order valence-electron chi connectivity index (χ2n) is 2.58. The van der Waals surface area contributed by atoms with Crippen LogP contribution in [0.3, 0.4) is 0 Å². The van der Waals surface area contributed by atoms with Gasteiger partial charge in [-0.1, -0.05) is 0 Å². The van der Waals surface area contributed by atoms with Crippen LogP contribution in [0.4, 0.5) is 5.69 Å². The summed E-state index contributed by atoms with van der Waals surface area (Å²) in [7, 11) is 1.45. The van der Waals surface area contributed by atoms with Gasteiger partial charge in [-0.25, -0.2) is 0 Å². The first-order valence-corrected chi connectivity index (χ1v) is 4.60. The Hall–Kier alpha value is -1.14. The third-order valence-corrected chi connectivity index (χ3v) is 2.65. The summed E-state index contributed by atoms with van der Waals surface area (Å²) in [5, 5.41) is 10.5. The van der Waals surface area contributed by atoms with Crippen molar-refractivity contribution < 1.29 is 9.66 Å². The summed E-state index contributed by atoms with van der Waals surface area (Å²) in [6.07, 6.45) is 0. The Morgan fingerprint density at radius 2 is 2.29 bits per heavy atom. The van der Waals surface area contributed by atoms with Crippen molar-refractivity contribution in [1.82, 2.24) is 0 Å². The molecule has 0 amide bonds. The van der Waals surface area contributed by atoms with Gasteiger partial charge in [-0.2, -0.15) is 0 Å². The summed E-state index contributed by atoms with van der Waals surface area (Å²) in [5.41, 5.74) is 6.06. The van der Waals surface area contributed by atoms with E-state index in [1.54, 1.807) is 0 Å². The average Bonchev–Trinajstić information content (AvgIpc) is 2.17. The zero-order valence-corrected chi connectivity index (χ0v) is 9.08. The number of nitro benzene ring substituents is 1. The number of nitro groups is 1. The van der Waals surface area contributed by atoms with Crippen molar-refractivity contribution in [2.45, 2.75) is 6.54 Å². The van der Waals surface area contributed by atoms with Crippen LogP contribution in [0.15, 0.2) is 16.6 Å². The van der Waals surface area contributed by atoms with Crippen LogP contribution in [0.5, 0.6) is 5.75 Å². The summed E-state index contributed by atoms with van der Waals surface area (Å²) in [6, 6.07) is 2.77. The molecular formula is C8H9BrN2O3. The Kier molecular flexibility index (Phi) is 3.43. The van der Waals surface area contributed by atoms with E-state index in [1.165, 1.54) is 19.2 Å². The molecule has 0 heterocycles. The zero-order valence-electron chi connectivity index (χ0n) is 7.49. The fraction of sp³-hybridized carbons (Fsp3) is 0.250. The number of rotatable bonds is 3. The van der Waals surface area contributed by atoms with E-state index in [1.807, 2.05) is 0 Å². The monoisotopic (exact) mass is 260 g/mol. The number of nitrogens with two attached hydrogens (primary N) is 1. The first-order chi connectivity index (χ1) is 6.60. The molecule has 1 aromatic rings. The van der Waals surface area contributed by atoms with E-state index >= 15 is 0 Å². The topological polar surface area (TPSA) is 78.4 Å². The molecule has 0 atom stereocenters. The molecule has 76 valence electrons. The van der Waals surface area contributed by atoms with Crippen molar-refractivity contribution in [3.63, 3.8) is 0 Å². The van der Waals surface area contributed by atoms with Crippen molar-refractivity contribution in [3.05, 3.63) is 32.3 Å². The molecule has 1 rings (SSSR count). The molecule has 0 aliphatic rings. The molecule has 0 bridgehead atoms. The predicted octanol–water partition coefficient (Wildman–Crippen LogP) is 1.82. The van der Waals surface area contributed by atoms with E-state index in [0.29, 0.717) is 15.8 Å². The Bertz CT molecular complexity index is 343. The summed E-state index contributed by atoms with van der Waals surface area (Å²) in [5.74, 6) is 0.416. The minimum Gasteiger partial charge on any atom is -0.495 e. The molecule has 0 radical (unpaired) electrons. The van der Waals surface area contributed by atoms with Gasteiger partial charge in [-0.3, -0.25) is 10.1 Å². The van der Waals surface area contributed by atoms with Crippen LogP contribution in [-0.2, 0) is 6.54 Å². The largest absolute Gasteiger partial charge is 0.495 e. The highest BCUT2D eigenvalue weighted by molar-refractivity contribution is 9.10. The van der Waals surface area contributed by atoms with Gasteiger partial charge < -0.3 is 10.5 Å². The number of methoxy groups -OCH3 is 1. The molecule has 0 aliphatic carbocycles. The second-order valence-corrected chi connectivity index (χ2v) is 3.38. The van der Waals surface area contributed by atoms with E-state index < -0.39 is 4.92 Å². The molecule has 0 spiro atoms. The van der Waals surface area contributed by atoms with Gasteiger partial charge in [0.25, 0.3) is 5.69 Å². The third kappa shape index (κ3) is 2.02. The lowest BCUT2D eigenvalue weighted by Crippen LogP contribution is -2.01. The Morgan fingerprint density at radius 3 is 2.71 bits per heavy atom. The van der Waals surface area contributed by atoms with Crippen LogP contribution in [0.25, 0.3) is 0 Å². The summed E-state index contributed by atoms with van der Waals surface area (Å²) < 4.78 is 5.63. The highest BCUT2D eigenvalue weighted by Gasteiger charge is 2.14. The highest BCUT2D eigenvalue weighted by atomic mass is 79.9. The number of benzene rings is 1. The maximum atomic E-state index is 10.5. The number of nitrogens with zero attached hydrogens (tertiary/aromatic N) is 1. The number of hydrogen-bond acceptors (Lipinski definition) is 4. The van der Waals surface area contributed by atoms with Crippen LogP contribution in [0.2, 0.25) is 0 Å². The summed E-state index contributed by atoms with van der Waals surface area (Å²) >= 11 is 3.26. The Morgan fingerprint density at radius 1 is 1.64 bits per heavy atom. The minimum atomic E-state index is -0.478. The number of ether oxygens (including phenoxy) is 1. The van der Waals surface area contributed by atoms with Crippen LogP contribution < -0.4 is 10.5 Å². The van der Waals surface area contributed by atoms with Gasteiger partial charge in [-0.15, -0.1) is 0 Å². The molecule has 0 saturated heterocycles. The van der Waals surface area contributed by atoms with E-state index in [2.05, 4.69) is 15.9 Å². The molecule has 6 heteroatoms. The molecule has 5 nitrogen and oxygen atoms in total. The quantitative estimate of drug-likeness (QED) is 0.664. The van der Waals surface area contributed by atoms with Crippen molar-refractivity contribution in [2.75, 3.05) is 7.11 Å². The maximum Gasteiger partial charge on any atom is 0.273 e. The lowest BCUT2D eigenvalue weighted by molar-refractivity contribution is -0.385. The lowest BCUT2D eigenvalue weighted by atomic mass is 10.2. The molecule has 2 N–H and O–H groups in total. The van der Waals surface area contributed by atoms with Crippen molar-refractivity contribution in [3.8, 4) is 5.75 Å². The van der Waals surface area contributed by atoms with Crippen molar-refractivity contribution in [2.24, 2.45) is 5.73 Å². The zero-order chi connectivity index (χ0) is 10.7. The lowest BCUT2D eigenvalue weighted by Gasteiger charge is -2.06. The fourth-order valence-electron chi connectivity index (χ4n) is 1.04. The molecule has 14 heavy (non-hydrogen) atoms. The molecule has 0 fully saturated rings. The van der Waals surface area contributed by atoms with Gasteiger partial charge in [0.2, 0.25) is 0 Å². The summed E-state index contributed by atoms with van der Waals surface area (Å²) in [6.45, 7) is 0.221. The van der Waals surface area contributed by atoms with Gasteiger partial charge in [-0.05, 0) is 21.5 Å². The Balaban J connectivity index is 3.32. The molecule has 0 aliphatic heterocycles. The molecule has 1 aromatic carbocycles. The third-order valence-electron chi connectivity index (χ3n) is 1.75. The normalized spacial score (nSPS) is 9.93. The number of non-ortho nitro benzene ring substituents is 1. The van der Waals surface area contributed by atoms with E-state index in [4.69, 9.17) is 10.5 Å². The standard InChI is InChI=1S/C8H9BrN2O3/c1-14-7-3-6(11(12)13)2-5(4-10)8(7)9/h2-3H,4,10H2,1H3. The SMILES string of the molecule is COc1cc([N+](=O)[O-])cc(CN)c1Br. The van der Waals surface area contributed by atoms with Crippen LogP contribution in [-0.4, -0.2) is 12.0 Å². The number of hydrogen-bond donors (Lipinski definition) is 1. The minimum absolute atomic E-state index is 0.0227. The molecule has 0 unspecified atom stereocenters. The van der Waals surface area contributed by atoms with E-state index in [0.717, 1.165) is 0 Å². The number of halogens is 1. The maximum absolute atomic E-state index is 10.5. The van der Waals surface area contributed by atoms with E-state index in [9.17, 15) is 10.1 Å². The average molecular weight is 261 g/mol. The van der Waals surface area contributed by atoms with E-state index in [-0.39, 0.29) is 12.2 Å². The molecule has 0 saturated carbocycles. The second kappa shape index (κ2) is 4.39. The smallest absolute Gasteiger partial charge is 0.273 e. The predicted molar refractivity (Wildman–Crippen MR) is 55.2 cm³/mol. The summed E-state index contributed by atoms with van der Waals surface area (Å²) in [4.78, 5) is 10.1. The van der Waals surface area contributed by atoms with Crippen molar-refractivity contribution in [1.29, 1.82) is 0 Å². The van der Waals surface area contributed by atoms with Crippen molar-refractivity contribution >= 4 is 21.6 Å². The van der Waals surface area contributed by atoms with Gasteiger partial charge >= 0.3 is 0 Å². The van der Waals surface area contributed by atoms with Gasteiger partial charge in [0.05, 0.1) is 22.6 Å². The first-order valence-electron chi connectivity index (χ1n) is 3.81. The van der Waals surface area contributed by atoms with Gasteiger partial charge in [0.15, 0.2) is 0 Å². The van der Waals surface area contributed by atoms with Gasteiger partial charge in [0.1, 0.15) is 5.75 Å². The van der Waals surface area contributed by atoms with Gasteiger partial charge in [0, 0.05) is 12.6 Å². The Labute approximate surface area is 89.1 Å². The fourth-order valence-corrected chi connectivity index (χ4v) is 1.59. The highest BCUT2D eigenvalue weighted by Crippen LogP contribution is 2.32. The molecule has 0 aromatic heterocycles. The van der Waals surface area contributed by atoms with Crippen LogP contribution in [0, 0.1) is 10.1 Å². The van der Waals surface area contributed by atoms with Crippen LogP contribution >= 0.6 is 15.9 Å². The first kappa shape index (κ1) is 10.9.